The molecule has 0 heterocycles. The molecule has 0 aliphatic heterocycles. The van der Waals surface area contributed by atoms with Gasteiger partial charge >= 0.3 is 0 Å². The van der Waals surface area contributed by atoms with Crippen molar-refractivity contribution >= 4 is 5.57 Å². The summed E-state index contributed by atoms with van der Waals surface area (Å²) in [5, 5.41) is 0. The topological polar surface area (TPSA) is 9.23 Å². The SMILES string of the molecule is C=CCCC1CC=C(c2ccc(OCCCF)c(F)c2F)CC1. The third kappa shape index (κ3) is 4.63. The van der Waals surface area contributed by atoms with Gasteiger partial charge in [0, 0.05) is 12.0 Å². The van der Waals surface area contributed by atoms with Crippen LogP contribution < -0.4 is 4.74 Å². The van der Waals surface area contributed by atoms with Gasteiger partial charge in [0.25, 0.3) is 0 Å². The summed E-state index contributed by atoms with van der Waals surface area (Å²) in [4.78, 5) is 0. The van der Waals surface area contributed by atoms with Crippen LogP contribution in [0.2, 0.25) is 0 Å². The van der Waals surface area contributed by atoms with Crippen molar-refractivity contribution in [2.75, 3.05) is 13.3 Å². The largest absolute Gasteiger partial charge is 0.490 e. The first-order chi connectivity index (χ1) is 11.2. The highest BCUT2D eigenvalue weighted by molar-refractivity contribution is 5.67. The Balaban J connectivity index is 2.07. The molecule has 1 atom stereocenters. The lowest BCUT2D eigenvalue weighted by Crippen LogP contribution is -2.07. The molecule has 0 radical (unpaired) electrons. The molecule has 1 aliphatic carbocycles. The maximum atomic E-state index is 14.3. The van der Waals surface area contributed by atoms with Crippen LogP contribution in [0.5, 0.6) is 5.75 Å². The Kier molecular flexibility index (Phi) is 6.75. The van der Waals surface area contributed by atoms with Crippen molar-refractivity contribution < 1.29 is 17.9 Å². The molecule has 23 heavy (non-hydrogen) atoms. The zero-order chi connectivity index (χ0) is 16.7. The normalized spacial score (nSPS) is 17.7. The van der Waals surface area contributed by atoms with Crippen LogP contribution in [0, 0.1) is 17.6 Å². The standard InChI is InChI=1S/C19H23F3O/c1-2-3-5-14-6-8-15(9-7-14)16-10-11-17(19(22)18(16)21)23-13-4-12-20/h2,8,10-11,14H,1,3-7,9,12-13H2. The van der Waals surface area contributed by atoms with Crippen LogP contribution >= 0.6 is 0 Å². The molecule has 1 unspecified atom stereocenters. The molecule has 0 N–H and O–H groups in total. The summed E-state index contributed by atoms with van der Waals surface area (Å²) >= 11 is 0. The second kappa shape index (κ2) is 8.80. The zero-order valence-corrected chi connectivity index (χ0v) is 13.3. The van der Waals surface area contributed by atoms with Gasteiger partial charge in [0.1, 0.15) is 0 Å². The minimum atomic E-state index is -0.990. The number of halogens is 3. The van der Waals surface area contributed by atoms with E-state index in [4.69, 9.17) is 4.74 Å². The molecule has 1 nitrogen and oxygen atoms in total. The van der Waals surface area contributed by atoms with Gasteiger partial charge in [-0.05, 0) is 55.7 Å². The summed E-state index contributed by atoms with van der Waals surface area (Å²) in [6.07, 6.45) is 8.79. The summed E-state index contributed by atoms with van der Waals surface area (Å²) in [6, 6.07) is 2.98. The monoisotopic (exact) mass is 324 g/mol. The van der Waals surface area contributed by atoms with Crippen LogP contribution in [-0.4, -0.2) is 13.3 Å². The van der Waals surface area contributed by atoms with Gasteiger partial charge < -0.3 is 4.74 Å². The van der Waals surface area contributed by atoms with E-state index < -0.39 is 18.3 Å². The Hall–Kier alpha value is -1.71. The molecule has 0 saturated carbocycles. The first-order valence-electron chi connectivity index (χ1n) is 8.14. The lowest BCUT2D eigenvalue weighted by atomic mass is 9.84. The van der Waals surface area contributed by atoms with Crippen molar-refractivity contribution in [3.63, 3.8) is 0 Å². The first-order valence-corrected chi connectivity index (χ1v) is 8.14. The number of benzene rings is 1. The van der Waals surface area contributed by atoms with Gasteiger partial charge in [-0.2, -0.15) is 4.39 Å². The minimum absolute atomic E-state index is 0.0416. The Morgan fingerprint density at radius 1 is 1.26 bits per heavy atom. The fourth-order valence-corrected chi connectivity index (χ4v) is 2.88. The van der Waals surface area contributed by atoms with Crippen molar-refractivity contribution in [1.82, 2.24) is 0 Å². The van der Waals surface area contributed by atoms with Gasteiger partial charge in [0.05, 0.1) is 13.3 Å². The van der Waals surface area contributed by atoms with E-state index in [1.165, 1.54) is 6.07 Å². The quantitative estimate of drug-likeness (QED) is 0.430. The molecule has 0 spiro atoms. The van der Waals surface area contributed by atoms with Crippen molar-refractivity contribution in [3.8, 4) is 5.75 Å². The van der Waals surface area contributed by atoms with Crippen molar-refractivity contribution in [3.05, 3.63) is 48.1 Å². The molecule has 2 rings (SSSR count). The Bertz CT molecular complexity index is 566. The lowest BCUT2D eigenvalue weighted by molar-refractivity contribution is 0.273. The van der Waals surface area contributed by atoms with Crippen LogP contribution in [-0.2, 0) is 0 Å². The molecule has 126 valence electrons. The summed E-state index contributed by atoms with van der Waals surface area (Å²) < 4.78 is 45.4. The van der Waals surface area contributed by atoms with E-state index in [2.05, 4.69) is 6.58 Å². The van der Waals surface area contributed by atoms with Crippen molar-refractivity contribution in [2.45, 2.75) is 38.5 Å². The predicted octanol–water partition coefficient (Wildman–Crippen LogP) is 5.85. The van der Waals surface area contributed by atoms with E-state index in [0.717, 1.165) is 37.7 Å². The molecule has 1 aromatic rings. The molecule has 1 aliphatic rings. The highest BCUT2D eigenvalue weighted by atomic mass is 19.2. The van der Waals surface area contributed by atoms with Crippen molar-refractivity contribution in [2.24, 2.45) is 5.92 Å². The fraction of sp³-hybridized carbons (Fsp3) is 0.474. The average Bonchev–Trinajstić information content (AvgIpc) is 2.58. The molecule has 0 saturated heterocycles. The predicted molar refractivity (Wildman–Crippen MR) is 87.2 cm³/mol. The summed E-state index contributed by atoms with van der Waals surface area (Å²) in [5.74, 6) is -1.43. The number of alkyl halides is 1. The first kappa shape index (κ1) is 17.6. The summed E-state index contributed by atoms with van der Waals surface area (Å²) in [5.41, 5.74) is 1.16. The lowest BCUT2D eigenvalue weighted by Gasteiger charge is -2.22. The molecule has 0 amide bonds. The molecule has 1 aromatic carbocycles. The third-order valence-corrected chi connectivity index (χ3v) is 4.23. The second-order valence-electron chi connectivity index (χ2n) is 5.87. The van der Waals surface area contributed by atoms with E-state index in [1.807, 2.05) is 12.2 Å². The van der Waals surface area contributed by atoms with E-state index in [9.17, 15) is 13.2 Å². The Morgan fingerprint density at radius 3 is 2.74 bits per heavy atom. The average molecular weight is 324 g/mol. The van der Waals surface area contributed by atoms with Gasteiger partial charge in [-0.1, -0.05) is 12.2 Å². The number of ether oxygens (including phenoxy) is 1. The maximum absolute atomic E-state index is 14.3. The smallest absolute Gasteiger partial charge is 0.201 e. The third-order valence-electron chi connectivity index (χ3n) is 4.23. The van der Waals surface area contributed by atoms with Gasteiger partial charge in [-0.3, -0.25) is 4.39 Å². The van der Waals surface area contributed by atoms with Crippen LogP contribution in [0.4, 0.5) is 13.2 Å². The molecule has 0 fully saturated rings. The van der Waals surface area contributed by atoms with Crippen molar-refractivity contribution in [1.29, 1.82) is 0 Å². The van der Waals surface area contributed by atoms with Crippen LogP contribution in [0.25, 0.3) is 5.57 Å². The van der Waals surface area contributed by atoms with Gasteiger partial charge in [-0.15, -0.1) is 6.58 Å². The summed E-state index contributed by atoms with van der Waals surface area (Å²) in [6.45, 7) is 3.23. The Morgan fingerprint density at radius 2 is 2.09 bits per heavy atom. The summed E-state index contributed by atoms with van der Waals surface area (Å²) in [7, 11) is 0. The van der Waals surface area contributed by atoms with Gasteiger partial charge in [-0.25, -0.2) is 4.39 Å². The molecule has 4 heteroatoms. The van der Waals surface area contributed by atoms with Crippen LogP contribution in [0.1, 0.15) is 44.1 Å². The van der Waals surface area contributed by atoms with E-state index in [0.29, 0.717) is 11.5 Å². The minimum Gasteiger partial charge on any atom is -0.490 e. The number of rotatable bonds is 8. The van der Waals surface area contributed by atoms with Gasteiger partial charge in [0.2, 0.25) is 5.82 Å². The second-order valence-corrected chi connectivity index (χ2v) is 5.87. The van der Waals surface area contributed by atoms with E-state index >= 15 is 0 Å². The maximum Gasteiger partial charge on any atom is 0.201 e. The number of hydrogen-bond donors (Lipinski definition) is 0. The fourth-order valence-electron chi connectivity index (χ4n) is 2.88. The number of hydrogen-bond acceptors (Lipinski definition) is 1. The van der Waals surface area contributed by atoms with E-state index in [1.54, 1.807) is 6.07 Å². The highest BCUT2D eigenvalue weighted by Gasteiger charge is 2.20. The zero-order valence-electron chi connectivity index (χ0n) is 13.3. The molecule has 0 bridgehead atoms. The highest BCUT2D eigenvalue weighted by Crippen LogP contribution is 2.35. The molecular weight excluding hydrogens is 301 g/mol. The molecular formula is C19H23F3O. The van der Waals surface area contributed by atoms with E-state index in [-0.39, 0.29) is 18.8 Å². The van der Waals surface area contributed by atoms with Crippen LogP contribution in [0.3, 0.4) is 0 Å². The van der Waals surface area contributed by atoms with Crippen LogP contribution in [0.15, 0.2) is 30.9 Å². The van der Waals surface area contributed by atoms with Gasteiger partial charge in [0.15, 0.2) is 11.6 Å². The Labute approximate surface area is 135 Å². The number of allylic oxidation sites excluding steroid dienone is 3. The molecule has 0 aromatic heterocycles.